The van der Waals surface area contributed by atoms with Crippen molar-refractivity contribution in [2.24, 2.45) is 0 Å². The van der Waals surface area contributed by atoms with Crippen molar-refractivity contribution < 1.29 is 4.74 Å². The van der Waals surface area contributed by atoms with Crippen molar-refractivity contribution in [3.8, 4) is 17.0 Å². The van der Waals surface area contributed by atoms with Crippen molar-refractivity contribution in [1.29, 1.82) is 0 Å². The third-order valence-corrected chi connectivity index (χ3v) is 3.14. The second kappa shape index (κ2) is 6.37. The van der Waals surface area contributed by atoms with Gasteiger partial charge in [0.1, 0.15) is 11.6 Å². The van der Waals surface area contributed by atoms with E-state index in [9.17, 15) is 0 Å². The maximum Gasteiger partial charge on any atom is 0.126 e. The highest BCUT2D eigenvalue weighted by Crippen LogP contribution is 2.27. The smallest absolute Gasteiger partial charge is 0.126 e. The molecule has 2 rings (SSSR count). The molecular formula is C16H21N3O. The molecule has 0 unspecified atom stereocenters. The predicted octanol–water partition coefficient (Wildman–Crippen LogP) is 3.52. The van der Waals surface area contributed by atoms with Crippen molar-refractivity contribution in [2.75, 3.05) is 12.3 Å². The fraction of sp³-hybridized carbons (Fsp3) is 0.375. The average Bonchev–Trinajstić information content (AvgIpc) is 2.44. The quantitative estimate of drug-likeness (QED) is 0.845. The molecule has 1 heterocycles. The number of anilines is 1. The molecule has 0 bridgehead atoms. The highest BCUT2D eigenvalue weighted by atomic mass is 16.5. The van der Waals surface area contributed by atoms with Crippen LogP contribution in [-0.4, -0.2) is 16.6 Å². The monoisotopic (exact) mass is 271 g/mol. The molecule has 0 aliphatic rings. The van der Waals surface area contributed by atoms with Crippen LogP contribution in [0.15, 0.2) is 24.3 Å². The fourth-order valence-electron chi connectivity index (χ4n) is 1.98. The zero-order valence-electron chi connectivity index (χ0n) is 12.3. The van der Waals surface area contributed by atoms with Crippen LogP contribution in [-0.2, 0) is 0 Å². The van der Waals surface area contributed by atoms with Gasteiger partial charge in [-0.15, -0.1) is 0 Å². The minimum absolute atomic E-state index is 0.634. The molecule has 0 aliphatic carbocycles. The van der Waals surface area contributed by atoms with Crippen LogP contribution < -0.4 is 10.5 Å². The molecular weight excluding hydrogens is 250 g/mol. The number of aryl methyl sites for hydroxylation is 2. The lowest BCUT2D eigenvalue weighted by atomic mass is 10.1. The summed E-state index contributed by atoms with van der Waals surface area (Å²) < 4.78 is 5.65. The maximum absolute atomic E-state index is 6.06. The summed E-state index contributed by atoms with van der Waals surface area (Å²) in [4.78, 5) is 8.70. The first kappa shape index (κ1) is 14.3. The lowest BCUT2D eigenvalue weighted by Crippen LogP contribution is -2.02. The molecule has 4 heteroatoms. The predicted molar refractivity (Wildman–Crippen MR) is 81.8 cm³/mol. The van der Waals surface area contributed by atoms with Crippen LogP contribution in [0.3, 0.4) is 0 Å². The molecule has 1 aromatic heterocycles. The second-order valence-corrected chi connectivity index (χ2v) is 4.84. The molecule has 0 fully saturated rings. The van der Waals surface area contributed by atoms with Gasteiger partial charge in [-0.25, -0.2) is 9.97 Å². The van der Waals surface area contributed by atoms with Gasteiger partial charge < -0.3 is 10.5 Å². The second-order valence-electron chi connectivity index (χ2n) is 4.84. The van der Waals surface area contributed by atoms with E-state index in [1.165, 1.54) is 0 Å². The van der Waals surface area contributed by atoms with E-state index in [0.717, 1.165) is 48.0 Å². The Morgan fingerprint density at radius 2 is 1.80 bits per heavy atom. The van der Waals surface area contributed by atoms with Gasteiger partial charge in [0.05, 0.1) is 23.7 Å². The highest BCUT2D eigenvalue weighted by Gasteiger charge is 2.09. The van der Waals surface area contributed by atoms with Crippen LogP contribution in [0.5, 0.6) is 5.75 Å². The molecule has 0 saturated carbocycles. The molecule has 2 aromatic rings. The van der Waals surface area contributed by atoms with Crippen LogP contribution in [0, 0.1) is 13.8 Å². The van der Waals surface area contributed by atoms with Crippen LogP contribution in [0.4, 0.5) is 5.69 Å². The molecule has 0 amide bonds. The number of rotatable bonds is 5. The van der Waals surface area contributed by atoms with Crippen molar-refractivity contribution in [1.82, 2.24) is 9.97 Å². The molecule has 2 N–H and O–H groups in total. The van der Waals surface area contributed by atoms with Gasteiger partial charge in [0.15, 0.2) is 0 Å². The number of hydrogen-bond acceptors (Lipinski definition) is 4. The zero-order valence-corrected chi connectivity index (χ0v) is 12.3. The Kier molecular flexibility index (Phi) is 4.56. The Morgan fingerprint density at radius 3 is 2.45 bits per heavy atom. The number of unbranched alkanes of at least 4 members (excludes halogenated alkanes) is 1. The van der Waals surface area contributed by atoms with Crippen molar-refractivity contribution in [3.05, 3.63) is 35.8 Å². The molecule has 4 nitrogen and oxygen atoms in total. The molecule has 0 aliphatic heterocycles. The number of hydrogen-bond donors (Lipinski definition) is 1. The molecule has 0 spiro atoms. The number of nitrogens with two attached hydrogens (primary N) is 1. The van der Waals surface area contributed by atoms with Crippen molar-refractivity contribution in [2.45, 2.75) is 33.6 Å². The topological polar surface area (TPSA) is 61.0 Å². The summed E-state index contributed by atoms with van der Waals surface area (Å²) in [5.41, 5.74) is 9.29. The first-order valence-electron chi connectivity index (χ1n) is 6.95. The molecule has 0 atom stereocenters. The molecule has 20 heavy (non-hydrogen) atoms. The third kappa shape index (κ3) is 3.26. The number of ether oxygens (including phenoxy) is 1. The van der Waals surface area contributed by atoms with E-state index >= 15 is 0 Å². The Balaban J connectivity index is 2.22. The Labute approximate surface area is 120 Å². The molecule has 1 aromatic carbocycles. The molecule has 0 saturated heterocycles. The number of nitrogens with zero attached hydrogens (tertiary/aromatic N) is 2. The van der Waals surface area contributed by atoms with Crippen LogP contribution >= 0.6 is 0 Å². The van der Waals surface area contributed by atoms with Crippen molar-refractivity contribution >= 4 is 5.69 Å². The summed E-state index contributed by atoms with van der Waals surface area (Å²) in [6.45, 7) is 6.67. The van der Waals surface area contributed by atoms with E-state index in [0.29, 0.717) is 5.69 Å². The summed E-state index contributed by atoms with van der Waals surface area (Å²) in [5.74, 6) is 1.61. The van der Waals surface area contributed by atoms with Gasteiger partial charge in [-0.1, -0.05) is 13.3 Å². The van der Waals surface area contributed by atoms with Gasteiger partial charge in [-0.3, -0.25) is 0 Å². The van der Waals surface area contributed by atoms with Gasteiger partial charge in [-0.05, 0) is 44.5 Å². The van der Waals surface area contributed by atoms with E-state index < -0.39 is 0 Å². The first-order chi connectivity index (χ1) is 9.61. The van der Waals surface area contributed by atoms with E-state index in [4.69, 9.17) is 10.5 Å². The largest absolute Gasteiger partial charge is 0.494 e. The van der Waals surface area contributed by atoms with E-state index in [-0.39, 0.29) is 0 Å². The molecule has 0 radical (unpaired) electrons. The van der Waals surface area contributed by atoms with Crippen molar-refractivity contribution in [3.63, 3.8) is 0 Å². The zero-order chi connectivity index (χ0) is 14.5. The van der Waals surface area contributed by atoms with E-state index in [2.05, 4.69) is 16.9 Å². The number of aromatic nitrogens is 2. The first-order valence-corrected chi connectivity index (χ1v) is 6.95. The van der Waals surface area contributed by atoms with Gasteiger partial charge in [0.2, 0.25) is 0 Å². The standard InChI is InChI=1S/C16H21N3O/c1-4-5-10-20-14-8-6-13(7-9-14)16-15(17)11(2)18-12(3)19-16/h6-9H,4-5,10,17H2,1-3H3. The third-order valence-electron chi connectivity index (χ3n) is 3.14. The van der Waals surface area contributed by atoms with Gasteiger partial charge in [-0.2, -0.15) is 0 Å². The Hall–Kier alpha value is -2.10. The number of benzene rings is 1. The van der Waals surface area contributed by atoms with Gasteiger partial charge >= 0.3 is 0 Å². The highest BCUT2D eigenvalue weighted by molar-refractivity contribution is 5.74. The summed E-state index contributed by atoms with van der Waals surface area (Å²) in [6.07, 6.45) is 2.20. The fourth-order valence-corrected chi connectivity index (χ4v) is 1.98. The summed E-state index contributed by atoms with van der Waals surface area (Å²) in [5, 5.41) is 0. The SMILES string of the molecule is CCCCOc1ccc(-c2nc(C)nc(C)c2N)cc1. The minimum atomic E-state index is 0.634. The van der Waals surface area contributed by atoms with Gasteiger partial charge in [0, 0.05) is 5.56 Å². The van der Waals surface area contributed by atoms with E-state index in [1.807, 2.05) is 38.1 Å². The Bertz CT molecular complexity index is 579. The lowest BCUT2D eigenvalue weighted by Gasteiger charge is -2.10. The molecule has 106 valence electrons. The van der Waals surface area contributed by atoms with Crippen LogP contribution in [0.1, 0.15) is 31.3 Å². The summed E-state index contributed by atoms with van der Waals surface area (Å²) in [6, 6.07) is 7.88. The normalized spacial score (nSPS) is 10.6. The Morgan fingerprint density at radius 1 is 1.10 bits per heavy atom. The van der Waals surface area contributed by atoms with Crippen LogP contribution in [0.2, 0.25) is 0 Å². The average molecular weight is 271 g/mol. The summed E-state index contributed by atoms with van der Waals surface area (Å²) in [7, 11) is 0. The van der Waals surface area contributed by atoms with Gasteiger partial charge in [0.25, 0.3) is 0 Å². The number of nitrogen functional groups attached to an aromatic ring is 1. The minimum Gasteiger partial charge on any atom is -0.494 e. The summed E-state index contributed by atoms with van der Waals surface area (Å²) >= 11 is 0. The maximum atomic E-state index is 6.06. The lowest BCUT2D eigenvalue weighted by molar-refractivity contribution is 0.309. The van der Waals surface area contributed by atoms with E-state index in [1.54, 1.807) is 0 Å². The van der Waals surface area contributed by atoms with Crippen LogP contribution in [0.25, 0.3) is 11.3 Å².